The smallest absolute Gasteiger partial charge is 0.325 e. The number of carbonyl (C=O) groups is 3. The molecular formula is C22H28N4O4S. The number of hydrogen-bond donors (Lipinski definition) is 2. The average Bonchev–Trinajstić information content (AvgIpc) is 3.23. The Bertz CT molecular complexity index is 937. The van der Waals surface area contributed by atoms with Crippen LogP contribution in [0.3, 0.4) is 0 Å². The standard InChI is InChI=1S/C22H28N4O4S/c1-3-4-5-6-19(27)16-13-15(2)7-8-17(16)23-21(29)25-22-24-18(14-31-22)20(28)26-9-11-30-12-10-26/h7-8,13-14H,3-6,9-12H2,1-2H3,(H2,23,24,25,29). The van der Waals surface area contributed by atoms with E-state index in [1.807, 2.05) is 13.0 Å². The van der Waals surface area contributed by atoms with Crippen LogP contribution in [0.2, 0.25) is 0 Å². The predicted octanol–water partition coefficient (Wildman–Crippen LogP) is 4.33. The molecule has 3 rings (SSSR count). The van der Waals surface area contributed by atoms with E-state index in [0.717, 1.165) is 24.8 Å². The van der Waals surface area contributed by atoms with Crippen molar-refractivity contribution in [3.8, 4) is 0 Å². The Labute approximate surface area is 186 Å². The van der Waals surface area contributed by atoms with E-state index in [-0.39, 0.29) is 11.7 Å². The summed E-state index contributed by atoms with van der Waals surface area (Å²) in [4.78, 5) is 43.6. The van der Waals surface area contributed by atoms with Crippen molar-refractivity contribution in [3.05, 3.63) is 40.4 Å². The summed E-state index contributed by atoms with van der Waals surface area (Å²) in [6.07, 6.45) is 3.32. The highest BCUT2D eigenvalue weighted by Crippen LogP contribution is 2.22. The van der Waals surface area contributed by atoms with Crippen molar-refractivity contribution in [1.82, 2.24) is 9.88 Å². The molecule has 31 heavy (non-hydrogen) atoms. The van der Waals surface area contributed by atoms with Crippen molar-refractivity contribution in [2.24, 2.45) is 0 Å². The molecule has 9 heteroatoms. The molecule has 0 bridgehead atoms. The maximum Gasteiger partial charge on any atom is 0.325 e. The second-order valence-electron chi connectivity index (χ2n) is 7.45. The Hall–Kier alpha value is -2.78. The number of thiazole rings is 1. The highest BCUT2D eigenvalue weighted by atomic mass is 32.1. The Morgan fingerprint density at radius 1 is 1.16 bits per heavy atom. The summed E-state index contributed by atoms with van der Waals surface area (Å²) in [7, 11) is 0. The highest BCUT2D eigenvalue weighted by Gasteiger charge is 2.21. The van der Waals surface area contributed by atoms with Gasteiger partial charge >= 0.3 is 6.03 Å². The molecule has 1 saturated heterocycles. The first-order valence-corrected chi connectivity index (χ1v) is 11.4. The van der Waals surface area contributed by atoms with Crippen molar-refractivity contribution in [3.63, 3.8) is 0 Å². The lowest BCUT2D eigenvalue weighted by Crippen LogP contribution is -2.40. The topological polar surface area (TPSA) is 101 Å². The van der Waals surface area contributed by atoms with Gasteiger partial charge in [0, 0.05) is 30.5 Å². The molecule has 3 amide bonds. The summed E-state index contributed by atoms with van der Waals surface area (Å²) < 4.78 is 5.26. The van der Waals surface area contributed by atoms with Gasteiger partial charge in [0.1, 0.15) is 5.69 Å². The van der Waals surface area contributed by atoms with E-state index in [0.29, 0.717) is 54.8 Å². The van der Waals surface area contributed by atoms with Crippen molar-refractivity contribution in [2.75, 3.05) is 36.9 Å². The maximum atomic E-state index is 12.6. The number of ketones is 1. The van der Waals surface area contributed by atoms with Gasteiger partial charge in [-0.15, -0.1) is 11.3 Å². The quantitative estimate of drug-likeness (QED) is 0.466. The minimum Gasteiger partial charge on any atom is -0.378 e. The van der Waals surface area contributed by atoms with Gasteiger partial charge in [-0.2, -0.15) is 0 Å². The predicted molar refractivity (Wildman–Crippen MR) is 121 cm³/mol. The lowest BCUT2D eigenvalue weighted by molar-refractivity contribution is 0.0299. The molecule has 0 spiro atoms. The molecule has 1 aliphatic rings. The number of aryl methyl sites for hydroxylation is 1. The SMILES string of the molecule is CCCCCC(=O)c1cc(C)ccc1NC(=O)Nc1nc(C(=O)N2CCOCC2)cs1. The number of rotatable bonds is 8. The fourth-order valence-electron chi connectivity index (χ4n) is 3.28. The zero-order valence-corrected chi connectivity index (χ0v) is 18.7. The van der Waals surface area contributed by atoms with Crippen LogP contribution in [0.25, 0.3) is 0 Å². The van der Waals surface area contributed by atoms with E-state index in [1.54, 1.807) is 22.4 Å². The van der Waals surface area contributed by atoms with Crippen LogP contribution in [0, 0.1) is 6.92 Å². The zero-order chi connectivity index (χ0) is 22.2. The lowest BCUT2D eigenvalue weighted by atomic mass is 10.0. The van der Waals surface area contributed by atoms with Crippen molar-refractivity contribution in [1.29, 1.82) is 0 Å². The summed E-state index contributed by atoms with van der Waals surface area (Å²) in [6, 6.07) is 4.87. The first-order chi connectivity index (χ1) is 15.0. The van der Waals surface area contributed by atoms with Crippen LogP contribution >= 0.6 is 11.3 Å². The Morgan fingerprint density at radius 2 is 1.94 bits per heavy atom. The first-order valence-electron chi connectivity index (χ1n) is 10.5. The fraction of sp³-hybridized carbons (Fsp3) is 0.455. The van der Waals surface area contributed by atoms with Crippen LogP contribution in [0.4, 0.5) is 15.6 Å². The number of morpholine rings is 1. The summed E-state index contributed by atoms with van der Waals surface area (Å²) in [5.41, 5.74) is 2.22. The van der Waals surface area contributed by atoms with Crippen LogP contribution in [-0.4, -0.2) is 53.9 Å². The number of ether oxygens (including phenoxy) is 1. The molecule has 1 aliphatic heterocycles. The molecule has 0 atom stereocenters. The average molecular weight is 445 g/mol. The summed E-state index contributed by atoms with van der Waals surface area (Å²) in [5, 5.41) is 7.34. The molecule has 166 valence electrons. The number of urea groups is 1. The van der Waals surface area contributed by atoms with Gasteiger partial charge in [0.2, 0.25) is 0 Å². The van der Waals surface area contributed by atoms with Gasteiger partial charge in [0.05, 0.1) is 18.9 Å². The lowest BCUT2D eigenvalue weighted by Gasteiger charge is -2.25. The fourth-order valence-corrected chi connectivity index (χ4v) is 3.96. The van der Waals surface area contributed by atoms with Gasteiger partial charge in [-0.05, 0) is 25.5 Å². The Balaban J connectivity index is 1.63. The van der Waals surface area contributed by atoms with Crippen molar-refractivity contribution >= 4 is 39.9 Å². The van der Waals surface area contributed by atoms with Crippen molar-refractivity contribution in [2.45, 2.75) is 39.5 Å². The number of nitrogens with zero attached hydrogens (tertiary/aromatic N) is 2. The second-order valence-corrected chi connectivity index (χ2v) is 8.31. The minimum atomic E-state index is -0.508. The Morgan fingerprint density at radius 3 is 2.68 bits per heavy atom. The molecule has 2 aromatic rings. The van der Waals surface area contributed by atoms with E-state index in [4.69, 9.17) is 4.74 Å². The van der Waals surface area contributed by atoms with Gasteiger partial charge in [-0.3, -0.25) is 14.9 Å². The van der Waals surface area contributed by atoms with Crippen LogP contribution in [0.5, 0.6) is 0 Å². The molecule has 1 aromatic carbocycles. The van der Waals surface area contributed by atoms with E-state index in [2.05, 4.69) is 22.5 Å². The molecule has 2 heterocycles. The van der Waals surface area contributed by atoms with Gasteiger partial charge in [0.15, 0.2) is 10.9 Å². The van der Waals surface area contributed by atoms with E-state index in [1.165, 1.54) is 11.3 Å². The van der Waals surface area contributed by atoms with Crippen LogP contribution in [0.1, 0.15) is 59.0 Å². The first kappa shape index (κ1) is 22.9. The third-order valence-corrected chi connectivity index (χ3v) is 5.73. The third-order valence-electron chi connectivity index (χ3n) is 4.97. The number of aromatic nitrogens is 1. The summed E-state index contributed by atoms with van der Waals surface area (Å²) >= 11 is 1.18. The third kappa shape index (κ3) is 6.35. The molecular weight excluding hydrogens is 416 g/mol. The largest absolute Gasteiger partial charge is 0.378 e. The van der Waals surface area contributed by atoms with Gasteiger partial charge in [-0.25, -0.2) is 9.78 Å². The zero-order valence-electron chi connectivity index (χ0n) is 17.9. The molecule has 1 fully saturated rings. The number of benzene rings is 1. The molecule has 0 unspecified atom stereocenters. The number of hydrogen-bond acceptors (Lipinski definition) is 6. The minimum absolute atomic E-state index is 0.0140. The van der Waals surface area contributed by atoms with Crippen LogP contribution in [0.15, 0.2) is 23.6 Å². The van der Waals surface area contributed by atoms with Gasteiger partial charge in [-0.1, -0.05) is 31.4 Å². The number of unbranched alkanes of at least 4 members (excludes halogenated alkanes) is 2. The molecule has 0 aliphatic carbocycles. The summed E-state index contributed by atoms with van der Waals surface area (Å²) in [5.74, 6) is -0.161. The van der Waals surface area contributed by atoms with Crippen molar-refractivity contribution < 1.29 is 19.1 Å². The number of Topliss-reactive ketones (excluding diaryl/α,β-unsaturated/α-hetero) is 1. The van der Waals surface area contributed by atoms with Gasteiger partial charge in [0.25, 0.3) is 5.91 Å². The molecule has 0 saturated carbocycles. The van der Waals surface area contributed by atoms with Crippen LogP contribution in [-0.2, 0) is 4.74 Å². The van der Waals surface area contributed by atoms with E-state index in [9.17, 15) is 14.4 Å². The maximum absolute atomic E-state index is 12.6. The van der Waals surface area contributed by atoms with Gasteiger partial charge < -0.3 is 15.0 Å². The number of anilines is 2. The number of carbonyl (C=O) groups excluding carboxylic acids is 3. The summed E-state index contributed by atoms with van der Waals surface area (Å²) in [6.45, 7) is 6.09. The monoisotopic (exact) mass is 444 g/mol. The number of amides is 3. The van der Waals surface area contributed by atoms with Crippen LogP contribution < -0.4 is 10.6 Å². The number of nitrogens with one attached hydrogen (secondary N) is 2. The molecule has 1 aromatic heterocycles. The van der Waals surface area contributed by atoms with E-state index < -0.39 is 6.03 Å². The molecule has 2 N–H and O–H groups in total. The van der Waals surface area contributed by atoms with E-state index >= 15 is 0 Å². The Kier molecular flexibility index (Phi) is 8.13. The normalized spacial score (nSPS) is 13.7. The molecule has 8 nitrogen and oxygen atoms in total. The highest BCUT2D eigenvalue weighted by molar-refractivity contribution is 7.14. The molecule has 0 radical (unpaired) electrons. The second kappa shape index (κ2) is 11.0.